The number of benzene rings is 1. The van der Waals surface area contributed by atoms with Crippen molar-refractivity contribution in [2.75, 3.05) is 20.3 Å². The van der Waals surface area contributed by atoms with Crippen molar-refractivity contribution in [1.29, 1.82) is 0 Å². The Hall–Kier alpha value is -0.860. The number of hydrogen-bond acceptors (Lipinski definition) is 2. The molecule has 0 amide bonds. The topological polar surface area (TPSA) is 21.3 Å². The third-order valence-corrected chi connectivity index (χ3v) is 3.97. The minimum atomic E-state index is 0.266. The van der Waals surface area contributed by atoms with Crippen LogP contribution in [0.4, 0.5) is 0 Å². The first-order chi connectivity index (χ1) is 9.35. The smallest absolute Gasteiger partial charge is 0.0467 e. The van der Waals surface area contributed by atoms with Crippen molar-refractivity contribution in [1.82, 2.24) is 5.32 Å². The van der Waals surface area contributed by atoms with Gasteiger partial charge in [-0.2, -0.15) is 0 Å². The molecule has 20 heavy (non-hydrogen) atoms. The molecule has 0 heterocycles. The molecule has 0 bridgehead atoms. The van der Waals surface area contributed by atoms with Gasteiger partial charge in [0.05, 0.1) is 0 Å². The van der Waals surface area contributed by atoms with Gasteiger partial charge in [0.1, 0.15) is 0 Å². The third kappa shape index (κ3) is 5.64. The highest BCUT2D eigenvalue weighted by molar-refractivity contribution is 5.26. The van der Waals surface area contributed by atoms with E-state index in [4.69, 9.17) is 4.74 Å². The quantitative estimate of drug-likeness (QED) is 0.754. The van der Waals surface area contributed by atoms with Crippen LogP contribution in [-0.4, -0.2) is 20.3 Å². The Balaban J connectivity index is 2.51. The summed E-state index contributed by atoms with van der Waals surface area (Å²) in [5.41, 5.74) is 3.03. The molecule has 0 aliphatic rings. The molecule has 0 aromatic heterocycles. The van der Waals surface area contributed by atoms with E-state index in [0.717, 1.165) is 19.6 Å². The maximum Gasteiger partial charge on any atom is 0.0467 e. The predicted molar refractivity (Wildman–Crippen MR) is 87.2 cm³/mol. The average Bonchev–Trinajstić information content (AvgIpc) is 2.43. The van der Waals surface area contributed by atoms with Crippen molar-refractivity contribution in [3.05, 3.63) is 35.4 Å². The van der Waals surface area contributed by atoms with E-state index in [9.17, 15) is 0 Å². The summed E-state index contributed by atoms with van der Waals surface area (Å²) in [7, 11) is 1.77. The highest BCUT2D eigenvalue weighted by Gasteiger charge is 2.18. The summed E-state index contributed by atoms with van der Waals surface area (Å²) in [4.78, 5) is 0. The molecule has 1 atom stereocenters. The van der Waals surface area contributed by atoms with E-state index in [-0.39, 0.29) is 5.41 Å². The second-order valence-electron chi connectivity index (χ2n) is 6.83. The summed E-state index contributed by atoms with van der Waals surface area (Å²) >= 11 is 0. The van der Waals surface area contributed by atoms with E-state index < -0.39 is 0 Å². The fourth-order valence-corrected chi connectivity index (χ4v) is 2.18. The number of ether oxygens (including phenoxy) is 1. The molecule has 1 aromatic rings. The molecule has 2 heteroatoms. The lowest BCUT2D eigenvalue weighted by Gasteiger charge is -2.27. The molecule has 1 unspecified atom stereocenters. The first kappa shape index (κ1) is 17.2. The van der Waals surface area contributed by atoms with Crippen LogP contribution in [0.25, 0.3) is 0 Å². The number of hydrogen-bond donors (Lipinski definition) is 1. The molecule has 1 rings (SSSR count). The summed E-state index contributed by atoms with van der Waals surface area (Å²) in [6.07, 6.45) is 1.08. The highest BCUT2D eigenvalue weighted by atomic mass is 16.5. The lowest BCUT2D eigenvalue weighted by Crippen LogP contribution is -2.32. The van der Waals surface area contributed by atoms with Crippen molar-refractivity contribution in [2.45, 2.75) is 53.0 Å². The lowest BCUT2D eigenvalue weighted by molar-refractivity contribution is 0.149. The van der Waals surface area contributed by atoms with Gasteiger partial charge >= 0.3 is 0 Å². The van der Waals surface area contributed by atoms with Crippen LogP contribution < -0.4 is 5.32 Å². The van der Waals surface area contributed by atoms with Gasteiger partial charge in [0.2, 0.25) is 0 Å². The van der Waals surface area contributed by atoms with E-state index in [1.807, 2.05) is 0 Å². The molecular weight excluding hydrogens is 246 g/mol. The Morgan fingerprint density at radius 2 is 1.60 bits per heavy atom. The summed E-state index contributed by atoms with van der Waals surface area (Å²) in [5, 5.41) is 3.64. The van der Waals surface area contributed by atoms with Gasteiger partial charge in [-0.25, -0.2) is 0 Å². The summed E-state index contributed by atoms with van der Waals surface area (Å²) in [6, 6.07) is 9.37. The number of methoxy groups -OCH3 is 1. The van der Waals surface area contributed by atoms with Crippen LogP contribution in [0.2, 0.25) is 0 Å². The molecule has 114 valence electrons. The zero-order valence-electron chi connectivity index (χ0n) is 14.0. The predicted octanol–water partition coefficient (Wildman–Crippen LogP) is 4.52. The Morgan fingerprint density at radius 1 is 1.05 bits per heavy atom. The molecule has 0 spiro atoms. The van der Waals surface area contributed by atoms with Crippen LogP contribution in [0, 0.1) is 5.41 Å². The maximum absolute atomic E-state index is 5.18. The molecule has 1 aromatic carbocycles. The molecular formula is C18H31NO. The molecule has 0 aliphatic heterocycles. The van der Waals surface area contributed by atoms with Crippen LogP contribution >= 0.6 is 0 Å². The molecule has 0 fully saturated rings. The van der Waals surface area contributed by atoms with E-state index in [1.54, 1.807) is 7.11 Å². The third-order valence-electron chi connectivity index (χ3n) is 3.97. The van der Waals surface area contributed by atoms with Gasteiger partial charge in [-0.05, 0) is 35.8 Å². The molecule has 0 radical (unpaired) electrons. The van der Waals surface area contributed by atoms with Gasteiger partial charge in [-0.3, -0.25) is 0 Å². The average molecular weight is 277 g/mol. The standard InChI is InChI=1S/C18H31NO/c1-14(2)16-7-9-17(10-8-16)15(3)19-13-18(4,5)11-12-20-6/h7-10,14-15,19H,11-13H2,1-6H3. The summed E-state index contributed by atoms with van der Waals surface area (Å²) in [5.74, 6) is 0.597. The van der Waals surface area contributed by atoms with E-state index >= 15 is 0 Å². The van der Waals surface area contributed by atoms with Crippen LogP contribution in [0.15, 0.2) is 24.3 Å². The lowest BCUT2D eigenvalue weighted by atomic mass is 9.89. The van der Waals surface area contributed by atoms with Crippen molar-refractivity contribution >= 4 is 0 Å². The Labute approximate surface area is 124 Å². The molecule has 0 saturated heterocycles. The van der Waals surface area contributed by atoms with Crippen molar-refractivity contribution in [3.63, 3.8) is 0 Å². The number of rotatable bonds is 8. The largest absolute Gasteiger partial charge is 0.385 e. The van der Waals surface area contributed by atoms with Crippen molar-refractivity contribution in [2.24, 2.45) is 5.41 Å². The Bertz CT molecular complexity index is 381. The van der Waals surface area contributed by atoms with Gasteiger partial charge in [-0.1, -0.05) is 52.0 Å². The molecule has 2 nitrogen and oxygen atoms in total. The summed E-state index contributed by atoms with van der Waals surface area (Å²) < 4.78 is 5.18. The number of nitrogens with one attached hydrogen (secondary N) is 1. The Kier molecular flexibility index (Phi) is 6.70. The second kappa shape index (κ2) is 7.80. The van der Waals surface area contributed by atoms with Crippen LogP contribution in [0.1, 0.15) is 64.1 Å². The maximum atomic E-state index is 5.18. The zero-order valence-corrected chi connectivity index (χ0v) is 14.0. The van der Waals surface area contributed by atoms with Gasteiger partial charge in [0.25, 0.3) is 0 Å². The molecule has 0 aliphatic carbocycles. The summed E-state index contributed by atoms with van der Waals surface area (Å²) in [6.45, 7) is 13.1. The van der Waals surface area contributed by atoms with Crippen LogP contribution in [0.3, 0.4) is 0 Å². The van der Waals surface area contributed by atoms with Crippen LogP contribution in [0.5, 0.6) is 0 Å². The monoisotopic (exact) mass is 277 g/mol. The highest BCUT2D eigenvalue weighted by Crippen LogP contribution is 2.22. The van der Waals surface area contributed by atoms with Gasteiger partial charge in [0.15, 0.2) is 0 Å². The van der Waals surface area contributed by atoms with Crippen molar-refractivity contribution in [3.8, 4) is 0 Å². The fourth-order valence-electron chi connectivity index (χ4n) is 2.18. The molecule has 0 saturated carbocycles. The minimum absolute atomic E-state index is 0.266. The normalized spacial score (nSPS) is 13.8. The van der Waals surface area contributed by atoms with Gasteiger partial charge in [-0.15, -0.1) is 0 Å². The molecule has 1 N–H and O–H groups in total. The van der Waals surface area contributed by atoms with Gasteiger partial charge < -0.3 is 10.1 Å². The van der Waals surface area contributed by atoms with E-state index in [0.29, 0.717) is 12.0 Å². The Morgan fingerprint density at radius 3 is 2.10 bits per heavy atom. The fraction of sp³-hybridized carbons (Fsp3) is 0.667. The first-order valence-corrected chi connectivity index (χ1v) is 7.68. The SMILES string of the molecule is COCCC(C)(C)CNC(C)c1ccc(C(C)C)cc1. The van der Waals surface area contributed by atoms with Crippen molar-refractivity contribution < 1.29 is 4.74 Å². The van der Waals surface area contributed by atoms with Crippen LogP contribution in [-0.2, 0) is 4.74 Å². The van der Waals surface area contributed by atoms with E-state index in [2.05, 4.69) is 64.2 Å². The second-order valence-corrected chi connectivity index (χ2v) is 6.83. The van der Waals surface area contributed by atoms with E-state index in [1.165, 1.54) is 11.1 Å². The van der Waals surface area contributed by atoms with Gasteiger partial charge in [0, 0.05) is 26.3 Å². The first-order valence-electron chi connectivity index (χ1n) is 7.68. The zero-order chi connectivity index (χ0) is 15.2. The minimum Gasteiger partial charge on any atom is -0.385 e.